The Hall–Kier alpha value is -4.13. The normalized spacial score (nSPS) is 13.8. The highest BCUT2D eigenvalue weighted by Gasteiger charge is 2.23. The summed E-state index contributed by atoms with van der Waals surface area (Å²) in [6.07, 6.45) is 1.51. The molecule has 1 aromatic heterocycles. The molecule has 184 valence electrons. The summed E-state index contributed by atoms with van der Waals surface area (Å²) in [5.41, 5.74) is 3.85. The Morgan fingerprint density at radius 1 is 1.17 bits per heavy atom. The Morgan fingerprint density at radius 3 is 2.50 bits per heavy atom. The lowest BCUT2D eigenvalue weighted by atomic mass is 10.1. The van der Waals surface area contributed by atoms with Crippen LogP contribution in [0, 0.1) is 35.3 Å². The van der Waals surface area contributed by atoms with Gasteiger partial charge in [0.05, 0.1) is 23.8 Å². The number of hydrogen-bond acceptors (Lipinski definition) is 6. The molecule has 9 nitrogen and oxygen atoms in total. The molecule has 2 heterocycles. The average Bonchev–Trinajstić information content (AvgIpc) is 3.16. The number of amides is 1. The maximum atomic E-state index is 12.7. The molecule has 0 bridgehead atoms. The van der Waals surface area contributed by atoms with E-state index < -0.39 is 5.91 Å². The summed E-state index contributed by atoms with van der Waals surface area (Å²) in [6, 6.07) is 15.5. The maximum Gasteiger partial charge on any atom is 0.294 e. The van der Waals surface area contributed by atoms with E-state index in [1.165, 1.54) is 6.08 Å². The first kappa shape index (κ1) is 25.0. The van der Waals surface area contributed by atoms with Crippen LogP contribution >= 0.6 is 11.6 Å². The van der Waals surface area contributed by atoms with E-state index in [1.54, 1.807) is 36.4 Å². The highest BCUT2D eigenvalue weighted by atomic mass is 35.5. The van der Waals surface area contributed by atoms with Gasteiger partial charge in [0, 0.05) is 41.3 Å². The third kappa shape index (κ3) is 5.25. The van der Waals surface area contributed by atoms with Gasteiger partial charge < -0.3 is 19.5 Å². The molecule has 0 saturated carbocycles. The molecule has 0 atom stereocenters. The van der Waals surface area contributed by atoms with Crippen molar-refractivity contribution in [3.63, 3.8) is 0 Å². The summed E-state index contributed by atoms with van der Waals surface area (Å²) in [5.74, 6) is -0.546. The molecule has 0 unspecified atom stereocenters. The number of nitrogens with one attached hydrogen (secondary N) is 1. The first-order valence-corrected chi connectivity index (χ1v) is 11.7. The molecule has 0 radical (unpaired) electrons. The lowest BCUT2D eigenvalue weighted by Gasteiger charge is -2.28. The molecule has 1 fully saturated rings. The van der Waals surface area contributed by atoms with Crippen molar-refractivity contribution in [2.75, 3.05) is 36.5 Å². The maximum absolute atomic E-state index is 12.7. The number of nitrogens with zero attached hydrogens (tertiary/aromatic N) is 4. The third-order valence-electron chi connectivity index (χ3n) is 6.00. The van der Waals surface area contributed by atoms with E-state index >= 15 is 0 Å². The molecule has 2 aromatic carbocycles. The van der Waals surface area contributed by atoms with E-state index in [1.807, 2.05) is 41.5 Å². The van der Waals surface area contributed by atoms with Gasteiger partial charge >= 0.3 is 0 Å². The minimum atomic E-state index is -0.546. The Kier molecular flexibility index (Phi) is 7.38. The first-order valence-electron chi connectivity index (χ1n) is 11.3. The molecular weight excluding hydrogens is 482 g/mol. The van der Waals surface area contributed by atoms with Crippen molar-refractivity contribution >= 4 is 40.6 Å². The predicted molar refractivity (Wildman–Crippen MR) is 139 cm³/mol. The number of carbonyl (C=O) groups is 1. The molecule has 1 aliphatic rings. The quantitative estimate of drug-likeness (QED) is 0.217. The fraction of sp³-hybridized carbons (Fsp3) is 0.231. The smallest absolute Gasteiger partial charge is 0.294 e. The summed E-state index contributed by atoms with van der Waals surface area (Å²) in [6.45, 7) is 5.93. The second-order valence-corrected chi connectivity index (χ2v) is 8.76. The zero-order chi connectivity index (χ0) is 25.8. The lowest BCUT2D eigenvalue weighted by Crippen LogP contribution is -2.36. The summed E-state index contributed by atoms with van der Waals surface area (Å²) in [5, 5.41) is 24.7. The van der Waals surface area contributed by atoms with E-state index in [2.05, 4.69) is 5.32 Å². The Labute approximate surface area is 213 Å². The number of aromatic nitrogens is 1. The molecule has 10 heteroatoms. The minimum Gasteiger partial charge on any atom is -0.378 e. The number of anilines is 2. The molecule has 0 aliphatic carbocycles. The second kappa shape index (κ2) is 10.6. The number of rotatable bonds is 6. The zero-order valence-corrected chi connectivity index (χ0v) is 20.6. The number of ether oxygens (including phenoxy) is 1. The third-order valence-corrected chi connectivity index (χ3v) is 6.25. The predicted octanol–water partition coefficient (Wildman–Crippen LogP) is 5.04. The van der Waals surface area contributed by atoms with E-state index in [-0.39, 0.29) is 16.2 Å². The van der Waals surface area contributed by atoms with Crippen LogP contribution in [0.2, 0.25) is 5.02 Å². The van der Waals surface area contributed by atoms with Crippen molar-refractivity contribution in [1.29, 1.82) is 5.26 Å². The molecule has 1 saturated heterocycles. The van der Waals surface area contributed by atoms with Crippen LogP contribution in [0.5, 0.6) is 0 Å². The number of aryl methyl sites for hydroxylation is 1. The summed E-state index contributed by atoms with van der Waals surface area (Å²) >= 11 is 5.88. The lowest BCUT2D eigenvalue weighted by molar-refractivity contribution is -0.384. The van der Waals surface area contributed by atoms with Crippen LogP contribution in [-0.4, -0.2) is 41.7 Å². The molecule has 36 heavy (non-hydrogen) atoms. The molecule has 1 aliphatic heterocycles. The van der Waals surface area contributed by atoms with Crippen molar-refractivity contribution in [3.05, 3.63) is 86.2 Å². The molecular formula is C26H24ClN5O4. The van der Waals surface area contributed by atoms with Gasteiger partial charge in [-0.1, -0.05) is 11.6 Å². The first-order chi connectivity index (χ1) is 17.3. The summed E-state index contributed by atoms with van der Waals surface area (Å²) in [4.78, 5) is 26.2. The van der Waals surface area contributed by atoms with E-state index in [4.69, 9.17) is 16.3 Å². The highest BCUT2D eigenvalue weighted by Crippen LogP contribution is 2.33. The van der Waals surface area contributed by atoms with Crippen LogP contribution in [0.15, 0.2) is 54.1 Å². The van der Waals surface area contributed by atoms with Crippen molar-refractivity contribution < 1.29 is 14.5 Å². The average molecular weight is 506 g/mol. The van der Waals surface area contributed by atoms with Gasteiger partial charge in [-0.15, -0.1) is 0 Å². The van der Waals surface area contributed by atoms with Crippen LogP contribution in [0.3, 0.4) is 0 Å². The van der Waals surface area contributed by atoms with Gasteiger partial charge in [0.15, 0.2) is 0 Å². The monoisotopic (exact) mass is 505 g/mol. The fourth-order valence-electron chi connectivity index (χ4n) is 4.24. The SMILES string of the molecule is Cc1cc(/C=C(/C#N)C(=O)Nc2ccc(Cl)cc2)c(C)n1-c1ccc(N2CCOCC2)c([N+](=O)[O-])c1. The van der Waals surface area contributed by atoms with Gasteiger partial charge in [-0.2, -0.15) is 5.26 Å². The van der Waals surface area contributed by atoms with Crippen molar-refractivity contribution in [3.8, 4) is 11.8 Å². The van der Waals surface area contributed by atoms with Crippen LogP contribution < -0.4 is 10.2 Å². The molecule has 4 rings (SSSR count). The van der Waals surface area contributed by atoms with Gasteiger partial charge in [0.25, 0.3) is 11.6 Å². The van der Waals surface area contributed by atoms with E-state index in [9.17, 15) is 20.2 Å². The van der Waals surface area contributed by atoms with Gasteiger partial charge in [-0.05, 0) is 68.0 Å². The van der Waals surface area contributed by atoms with Crippen molar-refractivity contribution in [1.82, 2.24) is 4.57 Å². The largest absolute Gasteiger partial charge is 0.378 e. The van der Waals surface area contributed by atoms with Crippen LogP contribution in [0.4, 0.5) is 17.1 Å². The minimum absolute atomic E-state index is 0.0130. The number of nitro groups is 1. The Balaban J connectivity index is 1.66. The molecule has 1 amide bonds. The fourth-order valence-corrected chi connectivity index (χ4v) is 4.36. The number of halogens is 1. The van der Waals surface area contributed by atoms with Crippen molar-refractivity contribution in [2.24, 2.45) is 0 Å². The summed E-state index contributed by atoms with van der Waals surface area (Å²) < 4.78 is 7.24. The van der Waals surface area contributed by atoms with E-state index in [0.717, 1.165) is 11.4 Å². The Morgan fingerprint density at radius 2 is 1.86 bits per heavy atom. The van der Waals surface area contributed by atoms with Gasteiger partial charge in [0.1, 0.15) is 17.3 Å². The van der Waals surface area contributed by atoms with Gasteiger partial charge in [0.2, 0.25) is 0 Å². The van der Waals surface area contributed by atoms with Crippen molar-refractivity contribution in [2.45, 2.75) is 13.8 Å². The number of morpholine rings is 1. The van der Waals surface area contributed by atoms with Crippen LogP contribution in [0.25, 0.3) is 11.8 Å². The van der Waals surface area contributed by atoms with Gasteiger partial charge in [-0.3, -0.25) is 14.9 Å². The number of nitriles is 1. The molecule has 1 N–H and O–H groups in total. The Bertz CT molecular complexity index is 1380. The van der Waals surface area contributed by atoms with E-state index in [0.29, 0.717) is 54.0 Å². The second-order valence-electron chi connectivity index (χ2n) is 8.32. The number of benzene rings is 2. The number of carbonyl (C=O) groups excluding carboxylic acids is 1. The number of nitro benzene ring substituents is 1. The standard InChI is InChI=1S/C26H24ClN5O4/c1-17-13-19(14-20(16-28)26(33)29-22-5-3-21(27)4-6-22)18(2)31(17)23-7-8-24(25(15-23)32(34)35)30-9-11-36-12-10-30/h3-8,13-15H,9-12H2,1-2H3,(H,29,33)/b20-14-. The highest BCUT2D eigenvalue weighted by molar-refractivity contribution is 6.30. The topological polar surface area (TPSA) is 113 Å². The number of hydrogen-bond donors (Lipinski definition) is 1. The van der Waals surface area contributed by atoms with Crippen LogP contribution in [-0.2, 0) is 9.53 Å². The van der Waals surface area contributed by atoms with Gasteiger partial charge in [-0.25, -0.2) is 0 Å². The molecule has 3 aromatic rings. The molecule has 0 spiro atoms. The zero-order valence-electron chi connectivity index (χ0n) is 19.8. The van der Waals surface area contributed by atoms with Crippen LogP contribution in [0.1, 0.15) is 17.0 Å². The summed E-state index contributed by atoms with van der Waals surface area (Å²) in [7, 11) is 0.